The Balaban J connectivity index is 1.44. The van der Waals surface area contributed by atoms with Crippen LogP contribution in [0.2, 0.25) is 0 Å². The lowest BCUT2D eigenvalue weighted by Crippen LogP contribution is -2.23. The summed E-state index contributed by atoms with van der Waals surface area (Å²) in [7, 11) is 1.81. The summed E-state index contributed by atoms with van der Waals surface area (Å²) in [6.45, 7) is 0.154. The van der Waals surface area contributed by atoms with E-state index in [1.165, 1.54) is 0 Å². The third-order valence-electron chi connectivity index (χ3n) is 3.61. The van der Waals surface area contributed by atoms with E-state index < -0.39 is 0 Å². The SMILES string of the molecule is Cn1cc(-c2noc(CNC(=O)c3cc4ccccc4[nH]3)n2)cn1. The van der Waals surface area contributed by atoms with E-state index >= 15 is 0 Å². The minimum Gasteiger partial charge on any atom is -0.351 e. The van der Waals surface area contributed by atoms with E-state index in [-0.39, 0.29) is 12.5 Å². The first-order valence-corrected chi connectivity index (χ1v) is 7.36. The number of nitrogens with zero attached hydrogens (tertiary/aromatic N) is 4. The summed E-state index contributed by atoms with van der Waals surface area (Å²) >= 11 is 0. The zero-order valence-corrected chi connectivity index (χ0v) is 12.9. The molecule has 0 aliphatic rings. The van der Waals surface area contributed by atoms with Crippen molar-refractivity contribution < 1.29 is 9.32 Å². The summed E-state index contributed by atoms with van der Waals surface area (Å²) in [5.74, 6) is 0.545. The fourth-order valence-corrected chi connectivity index (χ4v) is 2.43. The molecule has 0 saturated carbocycles. The number of aromatic amines is 1. The molecule has 0 spiro atoms. The second-order valence-electron chi connectivity index (χ2n) is 5.37. The molecule has 0 aliphatic carbocycles. The minimum absolute atomic E-state index is 0.154. The Morgan fingerprint density at radius 3 is 3.04 bits per heavy atom. The molecule has 0 aliphatic heterocycles. The summed E-state index contributed by atoms with van der Waals surface area (Å²) in [6, 6.07) is 9.51. The fraction of sp³-hybridized carbons (Fsp3) is 0.125. The number of para-hydroxylation sites is 1. The number of hydrogen-bond acceptors (Lipinski definition) is 5. The Labute approximate surface area is 136 Å². The van der Waals surface area contributed by atoms with E-state index in [0.717, 1.165) is 16.5 Å². The molecule has 0 fully saturated rings. The largest absolute Gasteiger partial charge is 0.351 e. The monoisotopic (exact) mass is 322 g/mol. The number of aromatic nitrogens is 5. The number of H-pyrrole nitrogens is 1. The van der Waals surface area contributed by atoms with Gasteiger partial charge in [-0.1, -0.05) is 23.4 Å². The molecule has 2 N–H and O–H groups in total. The van der Waals surface area contributed by atoms with Crippen molar-refractivity contribution in [1.82, 2.24) is 30.2 Å². The number of benzene rings is 1. The minimum atomic E-state index is -0.229. The van der Waals surface area contributed by atoms with E-state index in [0.29, 0.717) is 17.4 Å². The molecule has 24 heavy (non-hydrogen) atoms. The Morgan fingerprint density at radius 2 is 2.25 bits per heavy atom. The fourth-order valence-electron chi connectivity index (χ4n) is 2.43. The Hall–Kier alpha value is -3.42. The van der Waals surface area contributed by atoms with Crippen LogP contribution >= 0.6 is 0 Å². The van der Waals surface area contributed by atoms with Crippen LogP contribution in [0.15, 0.2) is 47.2 Å². The van der Waals surface area contributed by atoms with Crippen LogP contribution in [0.3, 0.4) is 0 Å². The van der Waals surface area contributed by atoms with E-state index in [2.05, 4.69) is 25.5 Å². The van der Waals surface area contributed by atoms with Gasteiger partial charge in [0.25, 0.3) is 5.91 Å². The summed E-state index contributed by atoms with van der Waals surface area (Å²) in [4.78, 5) is 19.5. The van der Waals surface area contributed by atoms with Gasteiger partial charge in [0.2, 0.25) is 11.7 Å². The summed E-state index contributed by atoms with van der Waals surface area (Å²) in [5.41, 5.74) is 2.16. The molecule has 120 valence electrons. The molecule has 3 heterocycles. The molecule has 4 rings (SSSR count). The molecule has 0 radical (unpaired) electrons. The van der Waals surface area contributed by atoms with Crippen molar-refractivity contribution in [2.24, 2.45) is 7.05 Å². The molecule has 0 unspecified atom stereocenters. The van der Waals surface area contributed by atoms with Crippen LogP contribution in [0.25, 0.3) is 22.3 Å². The Kier molecular flexibility index (Phi) is 3.34. The summed E-state index contributed by atoms with van der Waals surface area (Å²) in [6.07, 6.45) is 3.44. The van der Waals surface area contributed by atoms with E-state index in [4.69, 9.17) is 4.52 Å². The first-order chi connectivity index (χ1) is 11.7. The van der Waals surface area contributed by atoms with Gasteiger partial charge in [0.1, 0.15) is 5.69 Å². The zero-order valence-electron chi connectivity index (χ0n) is 12.9. The Bertz CT molecular complexity index is 979. The van der Waals surface area contributed by atoms with Crippen molar-refractivity contribution in [2.45, 2.75) is 6.54 Å². The van der Waals surface area contributed by atoms with Crippen molar-refractivity contribution in [3.63, 3.8) is 0 Å². The average Bonchev–Trinajstić information content (AvgIpc) is 3.31. The van der Waals surface area contributed by atoms with Crippen LogP contribution in [-0.2, 0) is 13.6 Å². The number of aryl methyl sites for hydroxylation is 1. The standard InChI is InChI=1S/C16H14N6O2/c1-22-9-11(7-18-22)15-20-14(24-21-15)8-17-16(23)13-6-10-4-2-3-5-12(10)19-13/h2-7,9,19H,8H2,1H3,(H,17,23). The van der Waals surface area contributed by atoms with Crippen molar-refractivity contribution >= 4 is 16.8 Å². The number of hydrogen-bond donors (Lipinski definition) is 2. The van der Waals surface area contributed by atoms with Gasteiger partial charge < -0.3 is 14.8 Å². The van der Waals surface area contributed by atoms with Crippen LogP contribution in [-0.4, -0.2) is 30.8 Å². The van der Waals surface area contributed by atoms with Gasteiger partial charge in [-0.15, -0.1) is 0 Å². The number of fused-ring (bicyclic) bond motifs is 1. The molecule has 0 saturated heterocycles. The molecule has 0 bridgehead atoms. The molecule has 4 aromatic rings. The molecular formula is C16H14N6O2. The van der Waals surface area contributed by atoms with Crippen LogP contribution in [0.5, 0.6) is 0 Å². The molecule has 3 aromatic heterocycles. The predicted octanol–water partition coefficient (Wildman–Crippen LogP) is 1.88. The maximum atomic E-state index is 12.2. The van der Waals surface area contributed by atoms with Gasteiger partial charge >= 0.3 is 0 Å². The van der Waals surface area contributed by atoms with Gasteiger partial charge in [0.05, 0.1) is 18.3 Å². The highest BCUT2D eigenvalue weighted by atomic mass is 16.5. The topological polar surface area (TPSA) is 102 Å². The molecule has 1 amide bonds. The lowest BCUT2D eigenvalue weighted by Gasteiger charge is -1.98. The zero-order chi connectivity index (χ0) is 16.5. The van der Waals surface area contributed by atoms with Gasteiger partial charge in [-0.25, -0.2) is 0 Å². The van der Waals surface area contributed by atoms with Crippen LogP contribution in [0, 0.1) is 0 Å². The highest BCUT2D eigenvalue weighted by molar-refractivity contribution is 5.97. The van der Waals surface area contributed by atoms with Crippen molar-refractivity contribution in [3.05, 3.63) is 54.3 Å². The van der Waals surface area contributed by atoms with Crippen molar-refractivity contribution in [1.29, 1.82) is 0 Å². The Morgan fingerprint density at radius 1 is 1.38 bits per heavy atom. The molecule has 1 aromatic carbocycles. The second kappa shape index (κ2) is 5.65. The lowest BCUT2D eigenvalue weighted by atomic mass is 10.2. The van der Waals surface area contributed by atoms with E-state index in [1.807, 2.05) is 31.3 Å². The number of amides is 1. The first kappa shape index (κ1) is 14.2. The number of nitrogens with one attached hydrogen (secondary N) is 2. The molecule has 8 nitrogen and oxygen atoms in total. The highest BCUT2D eigenvalue weighted by Gasteiger charge is 2.13. The van der Waals surface area contributed by atoms with Gasteiger partial charge in [-0.3, -0.25) is 9.48 Å². The normalized spacial score (nSPS) is 11.0. The van der Waals surface area contributed by atoms with Gasteiger partial charge in [0.15, 0.2) is 0 Å². The second-order valence-corrected chi connectivity index (χ2v) is 5.37. The van der Waals surface area contributed by atoms with Gasteiger partial charge in [0, 0.05) is 24.1 Å². The summed E-state index contributed by atoms with van der Waals surface area (Å²) < 4.78 is 6.81. The molecule has 0 atom stereocenters. The van der Waals surface area contributed by atoms with Crippen LogP contribution < -0.4 is 5.32 Å². The molecular weight excluding hydrogens is 308 g/mol. The predicted molar refractivity (Wildman–Crippen MR) is 86.0 cm³/mol. The van der Waals surface area contributed by atoms with Gasteiger partial charge in [-0.05, 0) is 12.1 Å². The van der Waals surface area contributed by atoms with Crippen LogP contribution in [0.1, 0.15) is 16.4 Å². The van der Waals surface area contributed by atoms with E-state index in [1.54, 1.807) is 23.1 Å². The average molecular weight is 322 g/mol. The smallest absolute Gasteiger partial charge is 0.268 e. The highest BCUT2D eigenvalue weighted by Crippen LogP contribution is 2.15. The van der Waals surface area contributed by atoms with Crippen molar-refractivity contribution in [2.75, 3.05) is 0 Å². The number of carbonyl (C=O) groups excluding carboxylic acids is 1. The number of carbonyl (C=O) groups is 1. The number of rotatable bonds is 4. The van der Waals surface area contributed by atoms with E-state index in [9.17, 15) is 4.79 Å². The summed E-state index contributed by atoms with van der Waals surface area (Å²) in [5, 5.41) is 11.7. The third-order valence-corrected chi connectivity index (χ3v) is 3.61. The lowest BCUT2D eigenvalue weighted by molar-refractivity contribution is 0.0942. The molecule has 8 heteroatoms. The quantitative estimate of drug-likeness (QED) is 0.597. The van der Waals surface area contributed by atoms with Crippen LogP contribution in [0.4, 0.5) is 0 Å². The first-order valence-electron chi connectivity index (χ1n) is 7.36. The van der Waals surface area contributed by atoms with Crippen molar-refractivity contribution in [3.8, 4) is 11.4 Å². The maximum absolute atomic E-state index is 12.2. The van der Waals surface area contributed by atoms with Gasteiger partial charge in [-0.2, -0.15) is 10.1 Å². The third kappa shape index (κ3) is 2.65. The maximum Gasteiger partial charge on any atom is 0.268 e.